The van der Waals surface area contributed by atoms with Gasteiger partial charge in [0.05, 0.1) is 18.3 Å². The number of carboxylic acids is 3. The molecule has 0 aromatic heterocycles. The fourth-order valence-corrected chi connectivity index (χ4v) is 3.00. The highest BCUT2D eigenvalue weighted by molar-refractivity contribution is 5.77. The Kier molecular flexibility index (Phi) is 9.41. The summed E-state index contributed by atoms with van der Waals surface area (Å²) in [5.74, 6) is -4.00. The molecular formula is C20H28O6. The van der Waals surface area contributed by atoms with Gasteiger partial charge in [-0.25, -0.2) is 0 Å². The fourth-order valence-electron chi connectivity index (χ4n) is 3.00. The van der Waals surface area contributed by atoms with Gasteiger partial charge in [-0.2, -0.15) is 0 Å². The van der Waals surface area contributed by atoms with E-state index in [2.05, 4.69) is 0 Å². The summed E-state index contributed by atoms with van der Waals surface area (Å²) in [5, 5.41) is 26.8. The van der Waals surface area contributed by atoms with Gasteiger partial charge in [0.2, 0.25) is 0 Å². The Morgan fingerprint density at radius 2 is 1.23 bits per heavy atom. The number of carbonyl (C=O) groups is 3. The Morgan fingerprint density at radius 3 is 1.58 bits per heavy atom. The average Bonchev–Trinajstić information content (AvgIpc) is 2.58. The van der Waals surface area contributed by atoms with Crippen molar-refractivity contribution in [3.8, 4) is 0 Å². The molecule has 1 rings (SSSR count). The topological polar surface area (TPSA) is 112 Å². The van der Waals surface area contributed by atoms with E-state index in [0.717, 1.165) is 24.0 Å². The van der Waals surface area contributed by atoms with Crippen LogP contribution in [0, 0.1) is 11.8 Å². The van der Waals surface area contributed by atoms with E-state index in [1.165, 1.54) is 0 Å². The lowest BCUT2D eigenvalue weighted by Crippen LogP contribution is -2.17. The number of aliphatic carboxylic acids is 3. The van der Waals surface area contributed by atoms with Gasteiger partial charge < -0.3 is 15.3 Å². The molecule has 0 heterocycles. The van der Waals surface area contributed by atoms with Gasteiger partial charge in [-0.1, -0.05) is 31.2 Å². The van der Waals surface area contributed by atoms with E-state index in [1.54, 1.807) is 0 Å². The zero-order valence-corrected chi connectivity index (χ0v) is 15.2. The van der Waals surface area contributed by atoms with Gasteiger partial charge in [0, 0.05) is 0 Å². The van der Waals surface area contributed by atoms with Crippen molar-refractivity contribution >= 4 is 17.9 Å². The SMILES string of the molecule is CCC(CCCc1ccc(CCCC(CC(=O)O)C(=O)O)cc1)C(=O)O. The molecule has 3 N–H and O–H groups in total. The normalized spacial score (nSPS) is 13.1. The Hall–Kier alpha value is -2.37. The van der Waals surface area contributed by atoms with E-state index in [4.69, 9.17) is 15.3 Å². The Morgan fingerprint density at radius 1 is 0.808 bits per heavy atom. The zero-order valence-electron chi connectivity index (χ0n) is 15.2. The van der Waals surface area contributed by atoms with Crippen LogP contribution in [0.5, 0.6) is 0 Å². The standard InChI is InChI=1S/C20H28O6/c1-2-16(19(23)24)7-3-5-14-9-11-15(12-10-14)6-4-8-17(20(25)26)13-18(21)22/h9-12,16-17H,2-8,13H2,1H3,(H,21,22)(H,23,24)(H,25,26). The average molecular weight is 364 g/mol. The molecule has 0 spiro atoms. The van der Waals surface area contributed by atoms with Gasteiger partial charge in [-0.3, -0.25) is 14.4 Å². The molecule has 1 aromatic carbocycles. The first-order valence-electron chi connectivity index (χ1n) is 9.08. The van der Waals surface area contributed by atoms with Crippen LogP contribution in [0.2, 0.25) is 0 Å². The monoisotopic (exact) mass is 364 g/mol. The maximum Gasteiger partial charge on any atom is 0.307 e. The largest absolute Gasteiger partial charge is 0.481 e. The third-order valence-electron chi connectivity index (χ3n) is 4.67. The number of hydrogen-bond acceptors (Lipinski definition) is 3. The van der Waals surface area contributed by atoms with Gasteiger partial charge in [-0.15, -0.1) is 0 Å². The lowest BCUT2D eigenvalue weighted by molar-refractivity contribution is -0.148. The van der Waals surface area contributed by atoms with Crippen molar-refractivity contribution in [2.24, 2.45) is 11.8 Å². The maximum atomic E-state index is 11.0. The summed E-state index contributed by atoms with van der Waals surface area (Å²) in [4.78, 5) is 32.7. The van der Waals surface area contributed by atoms with Crippen molar-refractivity contribution in [1.82, 2.24) is 0 Å². The van der Waals surface area contributed by atoms with Crippen LogP contribution in [-0.2, 0) is 27.2 Å². The van der Waals surface area contributed by atoms with E-state index in [1.807, 2.05) is 31.2 Å². The molecule has 144 valence electrons. The van der Waals surface area contributed by atoms with E-state index in [9.17, 15) is 14.4 Å². The first-order chi connectivity index (χ1) is 12.3. The maximum absolute atomic E-state index is 11.0. The molecule has 2 atom stereocenters. The molecule has 6 nitrogen and oxygen atoms in total. The molecular weight excluding hydrogens is 336 g/mol. The second kappa shape index (κ2) is 11.3. The van der Waals surface area contributed by atoms with E-state index in [0.29, 0.717) is 32.1 Å². The number of aryl methyl sites for hydroxylation is 2. The van der Waals surface area contributed by atoms with Crippen LogP contribution in [0.1, 0.15) is 56.6 Å². The Labute approximate surface area is 153 Å². The quantitative estimate of drug-likeness (QED) is 0.493. The Balaban J connectivity index is 2.39. The van der Waals surface area contributed by atoms with E-state index in [-0.39, 0.29) is 12.3 Å². The van der Waals surface area contributed by atoms with Crippen LogP contribution in [0.4, 0.5) is 0 Å². The molecule has 26 heavy (non-hydrogen) atoms. The fraction of sp³-hybridized carbons (Fsp3) is 0.550. The van der Waals surface area contributed by atoms with E-state index < -0.39 is 23.8 Å². The minimum atomic E-state index is -1.09. The van der Waals surface area contributed by atoms with Crippen molar-refractivity contribution < 1.29 is 29.7 Å². The molecule has 0 fully saturated rings. The van der Waals surface area contributed by atoms with Crippen molar-refractivity contribution in [3.63, 3.8) is 0 Å². The minimum Gasteiger partial charge on any atom is -0.481 e. The van der Waals surface area contributed by atoms with Crippen molar-refractivity contribution in [2.45, 2.75) is 58.3 Å². The van der Waals surface area contributed by atoms with Gasteiger partial charge in [0.1, 0.15) is 0 Å². The van der Waals surface area contributed by atoms with Crippen LogP contribution in [-0.4, -0.2) is 33.2 Å². The van der Waals surface area contributed by atoms with Crippen molar-refractivity contribution in [3.05, 3.63) is 35.4 Å². The number of carboxylic acid groups (broad SMARTS) is 3. The van der Waals surface area contributed by atoms with Crippen LogP contribution in [0.15, 0.2) is 24.3 Å². The molecule has 2 unspecified atom stereocenters. The van der Waals surface area contributed by atoms with Crippen molar-refractivity contribution in [2.75, 3.05) is 0 Å². The van der Waals surface area contributed by atoms with Gasteiger partial charge in [-0.05, 0) is 56.1 Å². The number of benzene rings is 1. The zero-order chi connectivity index (χ0) is 19.5. The summed E-state index contributed by atoms with van der Waals surface area (Å²) in [6.07, 6.45) is 4.33. The summed E-state index contributed by atoms with van der Waals surface area (Å²) in [7, 11) is 0. The smallest absolute Gasteiger partial charge is 0.307 e. The molecule has 0 aliphatic heterocycles. The molecule has 0 aliphatic carbocycles. The predicted molar refractivity (Wildman–Crippen MR) is 97.1 cm³/mol. The van der Waals surface area contributed by atoms with Crippen LogP contribution >= 0.6 is 0 Å². The molecule has 0 amide bonds. The highest BCUT2D eigenvalue weighted by Crippen LogP contribution is 2.17. The Bertz CT molecular complexity index is 593. The predicted octanol–water partition coefficient (Wildman–Crippen LogP) is 3.62. The summed E-state index contributed by atoms with van der Waals surface area (Å²) in [5.41, 5.74) is 2.24. The molecule has 6 heteroatoms. The van der Waals surface area contributed by atoms with Crippen LogP contribution in [0.25, 0.3) is 0 Å². The molecule has 0 saturated heterocycles. The van der Waals surface area contributed by atoms with Crippen LogP contribution < -0.4 is 0 Å². The summed E-state index contributed by atoms with van der Waals surface area (Å²) in [6, 6.07) is 8.03. The second-order valence-corrected chi connectivity index (χ2v) is 6.68. The van der Waals surface area contributed by atoms with Crippen LogP contribution in [0.3, 0.4) is 0 Å². The first kappa shape index (κ1) is 21.7. The molecule has 0 radical (unpaired) electrons. The molecule has 1 aromatic rings. The third-order valence-corrected chi connectivity index (χ3v) is 4.67. The van der Waals surface area contributed by atoms with Gasteiger partial charge >= 0.3 is 17.9 Å². The highest BCUT2D eigenvalue weighted by Gasteiger charge is 2.20. The first-order valence-corrected chi connectivity index (χ1v) is 9.08. The summed E-state index contributed by atoms with van der Waals surface area (Å²) >= 11 is 0. The number of rotatable bonds is 13. The second-order valence-electron chi connectivity index (χ2n) is 6.68. The highest BCUT2D eigenvalue weighted by atomic mass is 16.4. The van der Waals surface area contributed by atoms with E-state index >= 15 is 0 Å². The van der Waals surface area contributed by atoms with Gasteiger partial charge in [0.15, 0.2) is 0 Å². The lowest BCUT2D eigenvalue weighted by atomic mass is 9.95. The van der Waals surface area contributed by atoms with Gasteiger partial charge in [0.25, 0.3) is 0 Å². The molecule has 0 bridgehead atoms. The van der Waals surface area contributed by atoms with Crippen molar-refractivity contribution in [1.29, 1.82) is 0 Å². The summed E-state index contributed by atoms with van der Waals surface area (Å²) < 4.78 is 0. The summed E-state index contributed by atoms with van der Waals surface area (Å²) in [6.45, 7) is 1.89. The lowest BCUT2D eigenvalue weighted by Gasteiger charge is -2.10. The minimum absolute atomic E-state index is 0.276. The third kappa shape index (κ3) is 8.14. The molecule has 0 saturated carbocycles. The molecule has 0 aliphatic rings. The number of hydrogen-bond donors (Lipinski definition) is 3.